The Morgan fingerprint density at radius 1 is 0.345 bits per heavy atom. The number of benzene rings is 9. The molecule has 2 aliphatic heterocycles. The SMILES string of the molecule is Brc1ccc(N(c2ccc(Br)cc2)c2ccc(Br)cc2)cc1.CC(C)(C)c1ccc(N(c2ccc(Br)cc2)c2ccc(Br)cc2)cc1.CC(C)c1cc(B2OCCO2)ccc1-c1ccc(B2OCCO2)cc1C(C)C.Cc1cc(C(C)(C)C)ccc1Br. The van der Waals surface area contributed by atoms with Crippen LogP contribution in [0.3, 0.4) is 0 Å². The second-order valence-electron chi connectivity index (χ2n) is 24.2. The molecule has 0 radical (unpaired) electrons. The first-order valence-corrected chi connectivity index (χ1v) is 34.2. The molecule has 0 aliphatic carbocycles. The summed E-state index contributed by atoms with van der Waals surface area (Å²) in [5.74, 6) is 0.801. The summed E-state index contributed by atoms with van der Waals surface area (Å²) in [7, 11) is -0.481. The Balaban J connectivity index is 0.000000156. The molecule has 0 atom stereocenters. The lowest BCUT2D eigenvalue weighted by atomic mass is 9.74. The van der Waals surface area contributed by atoms with Gasteiger partial charge in [-0.05, 0) is 219 Å². The van der Waals surface area contributed by atoms with Crippen molar-refractivity contribution in [3.63, 3.8) is 0 Å². The molecule has 0 N–H and O–H groups in total. The third-order valence-electron chi connectivity index (χ3n) is 14.9. The number of hydrogen-bond donors (Lipinski definition) is 0. The summed E-state index contributed by atoms with van der Waals surface area (Å²) in [4.78, 5) is 4.50. The Kier molecular flexibility index (Phi) is 24.7. The van der Waals surface area contributed by atoms with Crippen LogP contribution in [0.15, 0.2) is 227 Å². The van der Waals surface area contributed by atoms with Crippen LogP contribution in [0.25, 0.3) is 11.1 Å². The largest absolute Gasteiger partial charge is 0.494 e. The van der Waals surface area contributed by atoms with E-state index in [1.807, 2.05) is 0 Å². The van der Waals surface area contributed by atoms with Crippen LogP contribution in [0, 0.1) is 6.92 Å². The summed E-state index contributed by atoms with van der Waals surface area (Å²) in [5.41, 5.74) is 18.6. The molecule has 11 rings (SSSR count). The number of anilines is 6. The highest BCUT2D eigenvalue weighted by Gasteiger charge is 2.30. The van der Waals surface area contributed by atoms with Gasteiger partial charge in [0.2, 0.25) is 0 Å². The van der Waals surface area contributed by atoms with Crippen LogP contribution in [-0.2, 0) is 29.4 Å². The van der Waals surface area contributed by atoms with E-state index in [2.05, 4.69) is 382 Å². The summed E-state index contributed by atoms with van der Waals surface area (Å²) < 4.78 is 29.4. The smallest absolute Gasteiger partial charge is 0.405 e. The second-order valence-corrected chi connectivity index (χ2v) is 29.6. The molecule has 0 amide bonds. The fourth-order valence-electron chi connectivity index (χ4n) is 10.1. The lowest BCUT2D eigenvalue weighted by Gasteiger charge is -2.27. The van der Waals surface area contributed by atoms with Crippen molar-refractivity contribution in [3.05, 3.63) is 255 Å². The van der Waals surface area contributed by atoms with E-state index in [1.165, 1.54) is 43.4 Å². The minimum absolute atomic E-state index is 0.151. The predicted octanol–water partition coefficient (Wildman–Crippen LogP) is 22.6. The van der Waals surface area contributed by atoms with E-state index < -0.39 is 0 Å². The molecule has 9 aromatic carbocycles. The van der Waals surface area contributed by atoms with Crippen LogP contribution < -0.4 is 20.7 Å². The first-order valence-electron chi connectivity index (χ1n) is 29.4. The van der Waals surface area contributed by atoms with E-state index in [1.54, 1.807) is 0 Å². The normalized spacial score (nSPS) is 13.1. The zero-order valence-electron chi connectivity index (χ0n) is 51.5. The maximum atomic E-state index is 5.70. The van der Waals surface area contributed by atoms with E-state index in [0.717, 1.165) is 67.4 Å². The molecule has 0 aromatic heterocycles. The molecule has 6 nitrogen and oxygen atoms in total. The predicted molar refractivity (Wildman–Crippen MR) is 392 cm³/mol. The van der Waals surface area contributed by atoms with Crippen molar-refractivity contribution in [2.45, 2.75) is 98.8 Å². The summed E-state index contributed by atoms with van der Waals surface area (Å²) >= 11 is 21.0. The number of hydrogen-bond acceptors (Lipinski definition) is 6. The third kappa shape index (κ3) is 19.0. The molecular formula is C73H76B2Br6N2O4. The minimum atomic E-state index is -0.241. The monoisotopic (exact) mass is 1540 g/mol. The van der Waals surface area contributed by atoms with Crippen LogP contribution in [0.5, 0.6) is 0 Å². The Labute approximate surface area is 569 Å². The number of halogens is 6. The maximum absolute atomic E-state index is 5.70. The van der Waals surface area contributed by atoms with Crippen molar-refractivity contribution >= 4 is 155 Å². The van der Waals surface area contributed by atoms with Crippen LogP contribution in [0.4, 0.5) is 34.1 Å². The second kappa shape index (κ2) is 31.4. The lowest BCUT2D eigenvalue weighted by Crippen LogP contribution is -2.32. The van der Waals surface area contributed by atoms with Gasteiger partial charge in [0, 0.05) is 61.0 Å². The molecule has 87 heavy (non-hydrogen) atoms. The molecule has 14 heteroatoms. The van der Waals surface area contributed by atoms with Gasteiger partial charge in [0.25, 0.3) is 0 Å². The van der Waals surface area contributed by atoms with E-state index >= 15 is 0 Å². The molecule has 2 aliphatic rings. The van der Waals surface area contributed by atoms with Crippen molar-refractivity contribution < 1.29 is 18.6 Å². The molecule has 9 aromatic rings. The lowest BCUT2D eigenvalue weighted by molar-refractivity contribution is 0.365. The summed E-state index contributed by atoms with van der Waals surface area (Å²) in [6, 6.07) is 70.4. The molecule has 0 bridgehead atoms. The van der Waals surface area contributed by atoms with E-state index in [0.29, 0.717) is 38.3 Å². The minimum Gasteiger partial charge on any atom is -0.405 e. The first kappa shape index (κ1) is 68.3. The van der Waals surface area contributed by atoms with Crippen LogP contribution in [-0.4, -0.2) is 40.7 Å². The van der Waals surface area contributed by atoms with Crippen molar-refractivity contribution in [2.24, 2.45) is 0 Å². The highest BCUT2D eigenvalue weighted by Crippen LogP contribution is 2.39. The van der Waals surface area contributed by atoms with Gasteiger partial charge >= 0.3 is 14.2 Å². The van der Waals surface area contributed by atoms with Crippen molar-refractivity contribution in [1.29, 1.82) is 0 Å². The van der Waals surface area contributed by atoms with Crippen molar-refractivity contribution in [1.82, 2.24) is 0 Å². The Hall–Kier alpha value is -4.57. The van der Waals surface area contributed by atoms with Gasteiger partial charge in [-0.2, -0.15) is 0 Å². The highest BCUT2D eigenvalue weighted by atomic mass is 79.9. The molecular weight excluding hydrogens is 1470 g/mol. The average molecular weight is 1550 g/mol. The highest BCUT2D eigenvalue weighted by molar-refractivity contribution is 9.11. The van der Waals surface area contributed by atoms with Crippen molar-refractivity contribution in [3.8, 4) is 11.1 Å². The van der Waals surface area contributed by atoms with E-state index in [9.17, 15) is 0 Å². The van der Waals surface area contributed by atoms with Gasteiger partial charge in [-0.15, -0.1) is 0 Å². The van der Waals surface area contributed by atoms with Gasteiger partial charge in [0.1, 0.15) is 0 Å². The average Bonchev–Trinajstić information content (AvgIpc) is 3.94. The topological polar surface area (TPSA) is 43.4 Å². The summed E-state index contributed by atoms with van der Waals surface area (Å²) in [6.07, 6.45) is 0. The summed E-state index contributed by atoms with van der Waals surface area (Å²) in [6.45, 7) is 27.1. The number of aryl methyl sites for hydroxylation is 1. The quantitative estimate of drug-likeness (QED) is 0.120. The van der Waals surface area contributed by atoms with Crippen LogP contribution in [0.2, 0.25) is 0 Å². The molecule has 0 spiro atoms. The standard InChI is InChI=1S/C22H28B2O4.C22H21Br2N.C18H12Br3N.C11H15Br/c1-15(2)21-13-17(23-25-9-10-26-23)5-7-19(21)20-8-6-18(14-22(20)16(3)4)24-27-11-12-28-24;1-22(2,3)16-4-10-19(11-5-16)25(20-12-6-17(23)7-13-20)21-14-8-18(24)9-15-21;19-13-1-7-16(8-2-13)22(17-9-3-14(20)4-10-17)18-11-5-15(21)6-12-18;1-8-7-9(11(2,3)4)5-6-10(8)12/h5-8,13-16H,9-12H2,1-4H3;4-15H,1-3H3;1-12H;5-7H,1-4H3. The number of nitrogens with zero attached hydrogens (tertiary/aromatic N) is 2. The fraction of sp³-hybridized carbons (Fsp3) is 0.260. The van der Waals surface area contributed by atoms with Crippen LogP contribution in [0.1, 0.15) is 109 Å². The summed E-state index contributed by atoms with van der Waals surface area (Å²) in [5, 5.41) is 0. The maximum Gasteiger partial charge on any atom is 0.494 e. The van der Waals surface area contributed by atoms with Gasteiger partial charge in [-0.25, -0.2) is 0 Å². The van der Waals surface area contributed by atoms with Gasteiger partial charge in [-0.3, -0.25) is 0 Å². The van der Waals surface area contributed by atoms with E-state index in [4.69, 9.17) is 18.6 Å². The Morgan fingerprint density at radius 3 is 0.862 bits per heavy atom. The molecule has 0 saturated carbocycles. The van der Waals surface area contributed by atoms with Gasteiger partial charge in [0.15, 0.2) is 0 Å². The van der Waals surface area contributed by atoms with Gasteiger partial charge < -0.3 is 28.4 Å². The molecule has 2 heterocycles. The Morgan fingerprint density at radius 2 is 0.609 bits per heavy atom. The van der Waals surface area contributed by atoms with Crippen LogP contribution >= 0.6 is 95.6 Å². The van der Waals surface area contributed by atoms with E-state index in [-0.39, 0.29) is 25.1 Å². The van der Waals surface area contributed by atoms with Gasteiger partial charge in [0.05, 0.1) is 26.4 Å². The molecule has 2 fully saturated rings. The third-order valence-corrected chi connectivity index (χ3v) is 18.4. The zero-order chi connectivity index (χ0) is 62.6. The molecule has 450 valence electrons. The van der Waals surface area contributed by atoms with Crippen molar-refractivity contribution in [2.75, 3.05) is 36.2 Å². The number of rotatable bonds is 11. The molecule has 2 saturated heterocycles. The first-order chi connectivity index (χ1) is 41.4. The zero-order valence-corrected chi connectivity index (χ0v) is 61.0. The van der Waals surface area contributed by atoms with Gasteiger partial charge in [-0.1, -0.05) is 225 Å². The Bertz CT molecular complexity index is 3420. The molecule has 0 unspecified atom stereocenters. The fourth-order valence-corrected chi connectivity index (χ4v) is 11.6.